The molecule has 0 saturated carbocycles. The van der Waals surface area contributed by atoms with Crippen LogP contribution in [0.5, 0.6) is 0 Å². The summed E-state index contributed by atoms with van der Waals surface area (Å²) >= 11 is 1.26. The van der Waals surface area contributed by atoms with E-state index in [1.165, 1.54) is 34.0 Å². The van der Waals surface area contributed by atoms with Crippen LogP contribution >= 0.6 is 11.7 Å². The molecule has 0 radical (unpaired) electrons. The van der Waals surface area contributed by atoms with E-state index in [-0.39, 0.29) is 0 Å². The zero-order valence-corrected chi connectivity index (χ0v) is 11.5. The zero-order chi connectivity index (χ0) is 12.4. The highest BCUT2D eigenvalue weighted by molar-refractivity contribution is 6.99. The van der Waals surface area contributed by atoms with Crippen LogP contribution in [-0.2, 0) is 0 Å². The molecule has 0 saturated heterocycles. The van der Waals surface area contributed by atoms with Crippen LogP contribution in [0.1, 0.15) is 23.6 Å². The Morgan fingerprint density at radius 3 is 2.35 bits per heavy atom. The lowest BCUT2D eigenvalue weighted by molar-refractivity contribution is 1.19. The van der Waals surface area contributed by atoms with E-state index < -0.39 is 0 Å². The van der Waals surface area contributed by atoms with Crippen molar-refractivity contribution in [1.82, 2.24) is 8.75 Å². The topological polar surface area (TPSA) is 37.8 Å². The summed E-state index contributed by atoms with van der Waals surface area (Å²) in [6.07, 6.45) is 0. The van der Waals surface area contributed by atoms with Crippen LogP contribution in [0.25, 0.3) is 11.3 Å². The number of anilines is 1. The molecule has 2 rings (SSSR count). The van der Waals surface area contributed by atoms with Gasteiger partial charge in [0.05, 0.1) is 11.7 Å². The minimum atomic E-state index is 0.863. The normalized spacial score (nSPS) is 10.6. The van der Waals surface area contributed by atoms with Crippen molar-refractivity contribution in [3.8, 4) is 11.3 Å². The summed E-state index contributed by atoms with van der Waals surface area (Å²) in [5, 5.41) is 3.26. The molecular weight excluding hydrogens is 230 g/mol. The summed E-state index contributed by atoms with van der Waals surface area (Å²) in [4.78, 5) is 0. The first-order chi connectivity index (χ1) is 8.13. The maximum absolute atomic E-state index is 4.42. The number of hydrogen-bond acceptors (Lipinski definition) is 4. The maximum atomic E-state index is 4.42. The first-order valence-corrected chi connectivity index (χ1v) is 6.51. The molecule has 0 aliphatic rings. The Morgan fingerprint density at radius 2 is 1.76 bits per heavy atom. The van der Waals surface area contributed by atoms with Gasteiger partial charge >= 0.3 is 0 Å². The van der Waals surface area contributed by atoms with Crippen molar-refractivity contribution in [1.29, 1.82) is 0 Å². The standard InChI is InChI=1S/C13H17N3S/c1-5-14-13-12(15-17-16-13)11-9(3)6-8(2)7-10(11)4/h6-7H,5H2,1-4H3,(H,14,16). The second-order valence-corrected chi connectivity index (χ2v) is 4.79. The van der Waals surface area contributed by atoms with Crippen LogP contribution in [0.4, 0.5) is 5.82 Å². The van der Waals surface area contributed by atoms with Gasteiger partial charge in [0.2, 0.25) is 0 Å². The highest BCUT2D eigenvalue weighted by atomic mass is 32.1. The molecule has 3 nitrogen and oxygen atoms in total. The number of nitrogens with zero attached hydrogens (tertiary/aromatic N) is 2. The number of hydrogen-bond donors (Lipinski definition) is 1. The molecular formula is C13H17N3S. The van der Waals surface area contributed by atoms with Crippen molar-refractivity contribution in [2.45, 2.75) is 27.7 Å². The quantitative estimate of drug-likeness (QED) is 0.901. The van der Waals surface area contributed by atoms with Gasteiger partial charge in [0.1, 0.15) is 5.69 Å². The average Bonchev–Trinajstić information content (AvgIpc) is 2.65. The van der Waals surface area contributed by atoms with Gasteiger partial charge in [-0.3, -0.25) is 0 Å². The molecule has 0 unspecified atom stereocenters. The van der Waals surface area contributed by atoms with Gasteiger partial charge < -0.3 is 5.32 Å². The van der Waals surface area contributed by atoms with Crippen molar-refractivity contribution in [2.24, 2.45) is 0 Å². The molecule has 0 aliphatic heterocycles. The Kier molecular flexibility index (Phi) is 3.43. The largest absolute Gasteiger partial charge is 0.368 e. The molecule has 1 aromatic carbocycles. The summed E-state index contributed by atoms with van der Waals surface area (Å²) in [7, 11) is 0. The first kappa shape index (κ1) is 12.0. The van der Waals surface area contributed by atoms with Crippen LogP contribution in [0, 0.1) is 20.8 Å². The molecule has 17 heavy (non-hydrogen) atoms. The van der Waals surface area contributed by atoms with E-state index in [1.54, 1.807) is 0 Å². The smallest absolute Gasteiger partial charge is 0.168 e. The van der Waals surface area contributed by atoms with Crippen LogP contribution < -0.4 is 5.32 Å². The molecule has 90 valence electrons. The van der Waals surface area contributed by atoms with Gasteiger partial charge in [0.15, 0.2) is 5.82 Å². The highest BCUT2D eigenvalue weighted by Gasteiger charge is 2.14. The van der Waals surface area contributed by atoms with Gasteiger partial charge in [0, 0.05) is 12.1 Å². The molecule has 2 aromatic rings. The van der Waals surface area contributed by atoms with E-state index in [0.29, 0.717) is 0 Å². The second kappa shape index (κ2) is 4.84. The van der Waals surface area contributed by atoms with Crippen LogP contribution in [0.15, 0.2) is 12.1 Å². The molecule has 0 atom stereocenters. The van der Waals surface area contributed by atoms with Crippen molar-refractivity contribution < 1.29 is 0 Å². The van der Waals surface area contributed by atoms with E-state index in [0.717, 1.165) is 18.1 Å². The van der Waals surface area contributed by atoms with Crippen LogP contribution in [-0.4, -0.2) is 15.3 Å². The lowest BCUT2D eigenvalue weighted by Gasteiger charge is -2.10. The third-order valence-corrected chi connectivity index (χ3v) is 3.28. The Morgan fingerprint density at radius 1 is 1.12 bits per heavy atom. The van der Waals surface area contributed by atoms with Crippen molar-refractivity contribution in [3.63, 3.8) is 0 Å². The molecule has 1 aromatic heterocycles. The molecule has 1 N–H and O–H groups in total. The number of aryl methyl sites for hydroxylation is 3. The van der Waals surface area contributed by atoms with Gasteiger partial charge in [-0.05, 0) is 38.8 Å². The SMILES string of the molecule is CCNc1nsnc1-c1c(C)cc(C)cc1C. The van der Waals surface area contributed by atoms with Crippen molar-refractivity contribution in [2.75, 3.05) is 11.9 Å². The molecule has 1 heterocycles. The Hall–Kier alpha value is -1.42. The summed E-state index contributed by atoms with van der Waals surface area (Å²) in [5.74, 6) is 0.896. The van der Waals surface area contributed by atoms with Crippen molar-refractivity contribution >= 4 is 17.5 Å². The van der Waals surface area contributed by atoms with E-state index in [9.17, 15) is 0 Å². The number of aromatic nitrogens is 2. The summed E-state index contributed by atoms with van der Waals surface area (Å²) in [5.41, 5.74) is 5.99. The first-order valence-electron chi connectivity index (χ1n) is 5.78. The Labute approximate surface area is 106 Å². The molecule has 0 aliphatic carbocycles. The van der Waals surface area contributed by atoms with Gasteiger partial charge in [0.25, 0.3) is 0 Å². The average molecular weight is 247 g/mol. The van der Waals surface area contributed by atoms with E-state index >= 15 is 0 Å². The third-order valence-electron chi connectivity index (χ3n) is 2.75. The summed E-state index contributed by atoms with van der Waals surface area (Å²) in [6, 6.07) is 4.38. The lowest BCUT2D eigenvalue weighted by atomic mass is 9.97. The van der Waals surface area contributed by atoms with Gasteiger partial charge in [-0.15, -0.1) is 0 Å². The van der Waals surface area contributed by atoms with Crippen LogP contribution in [0.2, 0.25) is 0 Å². The Bertz CT molecular complexity index is 508. The van der Waals surface area contributed by atoms with Gasteiger partial charge in [-0.2, -0.15) is 8.75 Å². The molecule has 0 amide bonds. The zero-order valence-electron chi connectivity index (χ0n) is 10.7. The third kappa shape index (κ3) is 2.31. The predicted molar refractivity (Wildman–Crippen MR) is 73.7 cm³/mol. The number of rotatable bonds is 3. The monoisotopic (exact) mass is 247 g/mol. The fraction of sp³-hybridized carbons (Fsp3) is 0.385. The second-order valence-electron chi connectivity index (χ2n) is 4.27. The lowest BCUT2D eigenvalue weighted by Crippen LogP contribution is -2.00. The summed E-state index contributed by atoms with van der Waals surface area (Å²) in [6.45, 7) is 9.31. The van der Waals surface area contributed by atoms with Gasteiger partial charge in [-0.1, -0.05) is 17.7 Å². The minimum Gasteiger partial charge on any atom is -0.368 e. The highest BCUT2D eigenvalue weighted by Crippen LogP contribution is 2.32. The number of benzene rings is 1. The fourth-order valence-corrected chi connectivity index (χ4v) is 2.72. The van der Waals surface area contributed by atoms with E-state index in [1.807, 2.05) is 0 Å². The maximum Gasteiger partial charge on any atom is 0.168 e. The Balaban J connectivity index is 2.56. The summed E-state index contributed by atoms with van der Waals surface area (Å²) < 4.78 is 8.73. The van der Waals surface area contributed by atoms with Crippen molar-refractivity contribution in [3.05, 3.63) is 28.8 Å². The molecule has 0 bridgehead atoms. The predicted octanol–water partition coefficient (Wildman–Crippen LogP) is 3.56. The molecule has 4 heteroatoms. The number of nitrogens with one attached hydrogen (secondary N) is 1. The van der Waals surface area contributed by atoms with E-state index in [2.05, 4.69) is 53.9 Å². The molecule has 0 fully saturated rings. The molecule has 0 spiro atoms. The van der Waals surface area contributed by atoms with Crippen LogP contribution in [0.3, 0.4) is 0 Å². The van der Waals surface area contributed by atoms with E-state index in [4.69, 9.17) is 0 Å². The minimum absolute atomic E-state index is 0.863. The van der Waals surface area contributed by atoms with Gasteiger partial charge in [-0.25, -0.2) is 0 Å². The fourth-order valence-electron chi connectivity index (χ4n) is 2.19.